The third-order valence-corrected chi connectivity index (χ3v) is 7.79. The summed E-state index contributed by atoms with van der Waals surface area (Å²) in [5.41, 5.74) is 4.12. The molecule has 0 unspecified atom stereocenters. The summed E-state index contributed by atoms with van der Waals surface area (Å²) in [6.45, 7) is 8.49. The highest BCUT2D eigenvalue weighted by molar-refractivity contribution is 7.92. The van der Waals surface area contributed by atoms with Crippen molar-refractivity contribution in [3.63, 3.8) is 0 Å². The molecule has 0 aliphatic carbocycles. The van der Waals surface area contributed by atoms with Gasteiger partial charge in [-0.05, 0) is 62.2 Å². The molecule has 1 aliphatic heterocycles. The van der Waals surface area contributed by atoms with Gasteiger partial charge < -0.3 is 14.9 Å². The number of anilines is 3. The fourth-order valence-electron chi connectivity index (χ4n) is 4.64. The molecule has 1 fully saturated rings. The molecule has 1 heterocycles. The zero-order chi connectivity index (χ0) is 24.5. The Kier molecular flexibility index (Phi) is 6.52. The van der Waals surface area contributed by atoms with Gasteiger partial charge in [-0.2, -0.15) is 0 Å². The number of carbonyl (C=O) groups is 1. The van der Waals surface area contributed by atoms with Gasteiger partial charge in [-0.3, -0.25) is 4.72 Å². The van der Waals surface area contributed by atoms with Crippen LogP contribution in [-0.4, -0.2) is 45.7 Å². The number of nitrogens with zero attached hydrogens (tertiary/aromatic N) is 2. The maximum Gasteiger partial charge on any atom is 0.337 e. The van der Waals surface area contributed by atoms with Crippen LogP contribution in [0.4, 0.5) is 17.1 Å². The smallest absolute Gasteiger partial charge is 0.337 e. The first-order valence-electron chi connectivity index (χ1n) is 11.2. The van der Waals surface area contributed by atoms with E-state index in [0.29, 0.717) is 11.1 Å². The summed E-state index contributed by atoms with van der Waals surface area (Å²) in [6.07, 6.45) is 0. The molecule has 1 aliphatic rings. The molecule has 34 heavy (non-hydrogen) atoms. The number of rotatable bonds is 6. The number of piperazine rings is 1. The van der Waals surface area contributed by atoms with Crippen LogP contribution < -0.4 is 14.5 Å². The number of hydrogen-bond donors (Lipinski definition) is 2. The number of hydrogen-bond acceptors (Lipinski definition) is 5. The van der Waals surface area contributed by atoms with Crippen LogP contribution in [0.2, 0.25) is 0 Å². The van der Waals surface area contributed by atoms with E-state index in [1.807, 2.05) is 25.1 Å². The number of aryl methyl sites for hydroxylation is 3. The highest BCUT2D eigenvalue weighted by Gasteiger charge is 2.24. The van der Waals surface area contributed by atoms with Crippen molar-refractivity contribution in [2.75, 3.05) is 40.7 Å². The van der Waals surface area contributed by atoms with E-state index in [1.165, 1.54) is 5.69 Å². The van der Waals surface area contributed by atoms with Gasteiger partial charge in [0.25, 0.3) is 10.0 Å². The number of carboxylic acids is 1. The minimum Gasteiger partial charge on any atom is -0.478 e. The van der Waals surface area contributed by atoms with E-state index in [1.54, 1.807) is 44.2 Å². The number of nitrogens with one attached hydrogen (secondary N) is 1. The van der Waals surface area contributed by atoms with Gasteiger partial charge >= 0.3 is 5.97 Å². The van der Waals surface area contributed by atoms with Crippen molar-refractivity contribution in [2.45, 2.75) is 25.7 Å². The van der Waals surface area contributed by atoms with E-state index < -0.39 is 16.0 Å². The van der Waals surface area contributed by atoms with Gasteiger partial charge in [0.15, 0.2) is 0 Å². The Hall–Kier alpha value is -3.52. The second kappa shape index (κ2) is 9.38. The normalized spacial score (nSPS) is 14.2. The van der Waals surface area contributed by atoms with E-state index >= 15 is 0 Å². The second-order valence-electron chi connectivity index (χ2n) is 8.68. The molecule has 4 rings (SSSR count). The first-order valence-corrected chi connectivity index (χ1v) is 12.7. The van der Waals surface area contributed by atoms with Crippen molar-refractivity contribution in [2.24, 2.45) is 0 Å². The summed E-state index contributed by atoms with van der Waals surface area (Å²) in [4.78, 5) is 16.6. The summed E-state index contributed by atoms with van der Waals surface area (Å²) in [5.74, 6) is -1.18. The zero-order valence-electron chi connectivity index (χ0n) is 19.6. The van der Waals surface area contributed by atoms with Crippen LogP contribution in [0.15, 0.2) is 65.6 Å². The number of sulfonamides is 1. The molecule has 1 saturated heterocycles. The van der Waals surface area contributed by atoms with E-state index in [9.17, 15) is 18.3 Å². The lowest BCUT2D eigenvalue weighted by molar-refractivity contribution is 0.0698. The molecule has 3 aromatic rings. The molecular formula is C26H29N3O4S. The number of benzene rings is 3. The maximum absolute atomic E-state index is 13.2. The molecule has 8 heteroatoms. The predicted molar refractivity (Wildman–Crippen MR) is 136 cm³/mol. The standard InChI is InChI=1S/C26H29N3O4S/c1-18-15-19(2)25(20(3)16-18)34(32,33)27-24-10-9-22(17-23(24)26(30)31)29-13-11-28(12-14-29)21-7-5-4-6-8-21/h4-10,15-17,27H,11-14H2,1-3H3,(H,30,31). The van der Waals surface area contributed by atoms with E-state index in [0.717, 1.165) is 37.4 Å². The molecule has 0 atom stereocenters. The monoisotopic (exact) mass is 479 g/mol. The first-order chi connectivity index (χ1) is 16.2. The van der Waals surface area contributed by atoms with Crippen molar-refractivity contribution in [3.8, 4) is 0 Å². The third kappa shape index (κ3) is 4.87. The summed E-state index contributed by atoms with van der Waals surface area (Å²) < 4.78 is 28.8. The Balaban J connectivity index is 1.57. The Morgan fingerprint density at radius 2 is 1.38 bits per heavy atom. The fourth-order valence-corrected chi connectivity index (χ4v) is 6.18. The number of para-hydroxylation sites is 1. The van der Waals surface area contributed by atoms with Gasteiger partial charge in [-0.15, -0.1) is 0 Å². The van der Waals surface area contributed by atoms with Gasteiger partial charge in [0.05, 0.1) is 16.1 Å². The average molecular weight is 480 g/mol. The fraction of sp³-hybridized carbons (Fsp3) is 0.269. The molecule has 0 bridgehead atoms. The maximum atomic E-state index is 13.2. The van der Waals surface area contributed by atoms with Crippen LogP contribution in [-0.2, 0) is 10.0 Å². The van der Waals surface area contributed by atoms with Crippen molar-refractivity contribution >= 4 is 33.1 Å². The average Bonchev–Trinajstić information content (AvgIpc) is 2.79. The quantitative estimate of drug-likeness (QED) is 0.543. The largest absolute Gasteiger partial charge is 0.478 e. The number of aromatic carboxylic acids is 1. The van der Waals surface area contributed by atoms with Crippen molar-refractivity contribution in [1.29, 1.82) is 0 Å². The minimum absolute atomic E-state index is 0.0542. The molecule has 0 saturated carbocycles. The van der Waals surface area contributed by atoms with E-state index in [2.05, 4.69) is 26.7 Å². The Morgan fingerprint density at radius 3 is 1.94 bits per heavy atom. The third-order valence-electron chi connectivity index (χ3n) is 6.12. The van der Waals surface area contributed by atoms with Gasteiger partial charge in [0, 0.05) is 37.6 Å². The molecule has 178 valence electrons. The topological polar surface area (TPSA) is 90.0 Å². The van der Waals surface area contributed by atoms with E-state index in [4.69, 9.17) is 0 Å². The summed E-state index contributed by atoms with van der Waals surface area (Å²) in [6, 6.07) is 18.6. The SMILES string of the molecule is Cc1cc(C)c(S(=O)(=O)Nc2ccc(N3CCN(c4ccccc4)CC3)cc2C(=O)O)c(C)c1. The first kappa shape index (κ1) is 23.6. The molecule has 2 N–H and O–H groups in total. The van der Waals surface area contributed by atoms with Crippen molar-refractivity contribution < 1.29 is 18.3 Å². The Bertz CT molecular complexity index is 1290. The van der Waals surface area contributed by atoms with Gasteiger partial charge in [-0.25, -0.2) is 13.2 Å². The number of carboxylic acid groups (broad SMARTS) is 1. The Morgan fingerprint density at radius 1 is 0.824 bits per heavy atom. The van der Waals surface area contributed by atoms with Crippen LogP contribution in [0.25, 0.3) is 0 Å². The summed E-state index contributed by atoms with van der Waals surface area (Å²) in [5, 5.41) is 9.83. The summed E-state index contributed by atoms with van der Waals surface area (Å²) >= 11 is 0. The highest BCUT2D eigenvalue weighted by Crippen LogP contribution is 2.29. The van der Waals surface area contributed by atoms with Gasteiger partial charge in [-0.1, -0.05) is 35.9 Å². The highest BCUT2D eigenvalue weighted by atomic mass is 32.2. The molecule has 7 nitrogen and oxygen atoms in total. The zero-order valence-corrected chi connectivity index (χ0v) is 20.4. The van der Waals surface area contributed by atoms with Crippen LogP contribution in [0.5, 0.6) is 0 Å². The molecular weight excluding hydrogens is 450 g/mol. The van der Waals surface area contributed by atoms with Gasteiger partial charge in [0.1, 0.15) is 0 Å². The van der Waals surface area contributed by atoms with Crippen molar-refractivity contribution in [1.82, 2.24) is 0 Å². The van der Waals surface area contributed by atoms with Crippen molar-refractivity contribution in [3.05, 3.63) is 82.9 Å². The summed E-state index contributed by atoms with van der Waals surface area (Å²) in [7, 11) is -3.96. The van der Waals surface area contributed by atoms with Crippen LogP contribution in [0.3, 0.4) is 0 Å². The lowest BCUT2D eigenvalue weighted by atomic mass is 10.1. The Labute approximate surface area is 200 Å². The lowest BCUT2D eigenvalue weighted by Gasteiger charge is -2.37. The van der Waals surface area contributed by atoms with Crippen LogP contribution in [0, 0.1) is 20.8 Å². The predicted octanol–water partition coefficient (Wildman–Crippen LogP) is 4.44. The molecule has 0 spiro atoms. The van der Waals surface area contributed by atoms with E-state index in [-0.39, 0.29) is 16.1 Å². The van der Waals surface area contributed by atoms with Gasteiger partial charge in [0.2, 0.25) is 0 Å². The molecule has 0 aromatic heterocycles. The molecule has 3 aromatic carbocycles. The second-order valence-corrected chi connectivity index (χ2v) is 10.3. The van der Waals surface area contributed by atoms with Crippen LogP contribution >= 0.6 is 0 Å². The molecule has 0 amide bonds. The molecule has 0 radical (unpaired) electrons. The van der Waals surface area contributed by atoms with Crippen LogP contribution in [0.1, 0.15) is 27.0 Å². The lowest BCUT2D eigenvalue weighted by Crippen LogP contribution is -2.46. The minimum atomic E-state index is -3.96.